The van der Waals surface area contributed by atoms with E-state index in [4.69, 9.17) is 16.6 Å². The average Bonchev–Trinajstić information content (AvgIpc) is 2.75. The number of benzene rings is 2. The fourth-order valence-corrected chi connectivity index (χ4v) is 3.67. The Bertz CT molecular complexity index is 1050. The first-order valence-corrected chi connectivity index (χ1v) is 10.4. The minimum atomic E-state index is -0.0351. The molecule has 0 aliphatic carbocycles. The summed E-state index contributed by atoms with van der Waals surface area (Å²) in [7, 11) is 0. The van der Waals surface area contributed by atoms with Crippen molar-refractivity contribution in [3.63, 3.8) is 0 Å². The van der Waals surface area contributed by atoms with E-state index in [1.54, 1.807) is 12.1 Å². The number of carbonyl (C=O) groups is 1. The van der Waals surface area contributed by atoms with Gasteiger partial charge in [-0.1, -0.05) is 41.4 Å². The van der Waals surface area contributed by atoms with Crippen molar-refractivity contribution in [3.8, 4) is 0 Å². The van der Waals surface area contributed by atoms with Crippen LogP contribution in [0.25, 0.3) is 0 Å². The standard InChI is InChI=1S/C23H24ClN5O/c1-16-7-9-18(10-8-16)26-21-15-17(2)25-23(27-21)29-13-11-28(12-14-29)22(30)19-5-3-4-6-20(19)24/h3-10,15H,11-14H2,1-2H3,(H,25,26,27). The molecule has 1 aromatic heterocycles. The van der Waals surface area contributed by atoms with Gasteiger partial charge in [-0.2, -0.15) is 4.98 Å². The summed E-state index contributed by atoms with van der Waals surface area (Å²) in [6, 6.07) is 17.3. The summed E-state index contributed by atoms with van der Waals surface area (Å²) in [5.41, 5.74) is 3.64. The zero-order valence-electron chi connectivity index (χ0n) is 17.1. The molecule has 1 fully saturated rings. The second-order valence-corrected chi connectivity index (χ2v) is 7.85. The molecule has 2 heterocycles. The maximum absolute atomic E-state index is 12.8. The summed E-state index contributed by atoms with van der Waals surface area (Å²) in [5.74, 6) is 1.40. The molecule has 1 N–H and O–H groups in total. The molecule has 0 saturated carbocycles. The number of hydrogen-bond acceptors (Lipinski definition) is 5. The van der Waals surface area contributed by atoms with Crippen molar-refractivity contribution in [1.82, 2.24) is 14.9 Å². The molecule has 0 atom stereocenters. The van der Waals surface area contributed by atoms with Gasteiger partial charge in [0.05, 0.1) is 10.6 Å². The molecular formula is C23H24ClN5O. The molecule has 154 valence electrons. The number of anilines is 3. The number of piperazine rings is 1. The third-order valence-electron chi connectivity index (χ3n) is 5.12. The average molecular weight is 422 g/mol. The minimum absolute atomic E-state index is 0.0351. The van der Waals surface area contributed by atoms with E-state index in [2.05, 4.69) is 34.3 Å². The Labute approximate surface area is 181 Å². The van der Waals surface area contributed by atoms with E-state index in [9.17, 15) is 4.79 Å². The predicted molar refractivity (Wildman–Crippen MR) is 121 cm³/mol. The van der Waals surface area contributed by atoms with Gasteiger partial charge in [0, 0.05) is 43.6 Å². The number of hydrogen-bond donors (Lipinski definition) is 1. The van der Waals surface area contributed by atoms with Crippen molar-refractivity contribution >= 4 is 35.0 Å². The van der Waals surface area contributed by atoms with Crippen LogP contribution >= 0.6 is 11.6 Å². The number of carbonyl (C=O) groups excluding carboxylic acids is 1. The summed E-state index contributed by atoms with van der Waals surface area (Å²) in [4.78, 5) is 26.0. The fourth-order valence-electron chi connectivity index (χ4n) is 3.46. The molecule has 1 amide bonds. The molecule has 3 aromatic rings. The van der Waals surface area contributed by atoms with Crippen LogP contribution in [-0.2, 0) is 0 Å². The highest BCUT2D eigenvalue weighted by Gasteiger charge is 2.25. The molecule has 1 saturated heterocycles. The molecule has 1 aliphatic heterocycles. The lowest BCUT2D eigenvalue weighted by atomic mass is 10.2. The van der Waals surface area contributed by atoms with Gasteiger partial charge in [0.1, 0.15) is 5.82 Å². The van der Waals surface area contributed by atoms with Gasteiger partial charge in [0.15, 0.2) is 0 Å². The van der Waals surface area contributed by atoms with Crippen LogP contribution in [0.4, 0.5) is 17.5 Å². The molecule has 4 rings (SSSR count). The van der Waals surface area contributed by atoms with E-state index in [-0.39, 0.29) is 5.91 Å². The number of aromatic nitrogens is 2. The van der Waals surface area contributed by atoms with Gasteiger partial charge in [-0.15, -0.1) is 0 Å². The summed E-state index contributed by atoms with van der Waals surface area (Å²) < 4.78 is 0. The Morgan fingerprint density at radius 2 is 1.67 bits per heavy atom. The van der Waals surface area contributed by atoms with E-state index in [0.29, 0.717) is 42.7 Å². The number of aryl methyl sites for hydroxylation is 2. The highest BCUT2D eigenvalue weighted by atomic mass is 35.5. The Kier molecular flexibility index (Phi) is 5.86. The van der Waals surface area contributed by atoms with Crippen molar-refractivity contribution in [3.05, 3.63) is 76.4 Å². The molecule has 0 bridgehead atoms. The normalized spacial score (nSPS) is 14.0. The van der Waals surface area contributed by atoms with Crippen molar-refractivity contribution in [1.29, 1.82) is 0 Å². The highest BCUT2D eigenvalue weighted by Crippen LogP contribution is 2.22. The van der Waals surface area contributed by atoms with Crippen LogP contribution in [0, 0.1) is 13.8 Å². The lowest BCUT2D eigenvalue weighted by Crippen LogP contribution is -2.49. The first-order chi connectivity index (χ1) is 14.5. The van der Waals surface area contributed by atoms with Crippen molar-refractivity contribution < 1.29 is 4.79 Å². The van der Waals surface area contributed by atoms with E-state index in [1.165, 1.54) is 5.56 Å². The largest absolute Gasteiger partial charge is 0.340 e. The van der Waals surface area contributed by atoms with Gasteiger partial charge in [-0.25, -0.2) is 4.98 Å². The van der Waals surface area contributed by atoms with E-state index in [0.717, 1.165) is 17.2 Å². The van der Waals surface area contributed by atoms with Crippen LogP contribution in [0.3, 0.4) is 0 Å². The van der Waals surface area contributed by atoms with Gasteiger partial charge in [-0.3, -0.25) is 4.79 Å². The van der Waals surface area contributed by atoms with Gasteiger partial charge in [-0.05, 0) is 38.1 Å². The number of nitrogens with one attached hydrogen (secondary N) is 1. The van der Waals surface area contributed by atoms with Crippen molar-refractivity contribution in [2.24, 2.45) is 0 Å². The smallest absolute Gasteiger partial charge is 0.255 e. The number of halogens is 1. The van der Waals surface area contributed by atoms with Crippen LogP contribution in [0.1, 0.15) is 21.6 Å². The maximum atomic E-state index is 12.8. The summed E-state index contributed by atoms with van der Waals surface area (Å²) in [6.07, 6.45) is 0. The SMILES string of the molecule is Cc1ccc(Nc2cc(C)nc(N3CCN(C(=O)c4ccccc4Cl)CC3)n2)cc1. The summed E-state index contributed by atoms with van der Waals surface area (Å²) in [6.45, 7) is 6.56. The first-order valence-electron chi connectivity index (χ1n) is 9.98. The molecule has 30 heavy (non-hydrogen) atoms. The summed E-state index contributed by atoms with van der Waals surface area (Å²) in [5, 5.41) is 3.83. The molecular weight excluding hydrogens is 398 g/mol. The zero-order chi connectivity index (χ0) is 21.1. The third-order valence-corrected chi connectivity index (χ3v) is 5.45. The lowest BCUT2D eigenvalue weighted by molar-refractivity contribution is 0.0746. The molecule has 0 unspecified atom stereocenters. The number of nitrogens with zero attached hydrogens (tertiary/aromatic N) is 4. The van der Waals surface area contributed by atoms with Gasteiger partial charge in [0.25, 0.3) is 5.91 Å². The molecule has 7 heteroatoms. The quantitative estimate of drug-likeness (QED) is 0.674. The van der Waals surface area contributed by atoms with Gasteiger partial charge in [0.2, 0.25) is 5.95 Å². The lowest BCUT2D eigenvalue weighted by Gasteiger charge is -2.35. The van der Waals surface area contributed by atoms with Crippen LogP contribution in [0.5, 0.6) is 0 Å². The Morgan fingerprint density at radius 3 is 2.37 bits per heavy atom. The monoisotopic (exact) mass is 421 g/mol. The van der Waals surface area contributed by atoms with Crippen LogP contribution in [-0.4, -0.2) is 47.0 Å². The second kappa shape index (κ2) is 8.71. The van der Waals surface area contributed by atoms with Crippen molar-refractivity contribution in [2.45, 2.75) is 13.8 Å². The topological polar surface area (TPSA) is 61.4 Å². The van der Waals surface area contributed by atoms with Crippen LogP contribution in [0.2, 0.25) is 5.02 Å². The second-order valence-electron chi connectivity index (χ2n) is 7.44. The molecule has 6 nitrogen and oxygen atoms in total. The van der Waals surface area contributed by atoms with E-state index in [1.807, 2.05) is 42.2 Å². The van der Waals surface area contributed by atoms with E-state index >= 15 is 0 Å². The van der Waals surface area contributed by atoms with E-state index < -0.39 is 0 Å². The van der Waals surface area contributed by atoms with Crippen LogP contribution in [0.15, 0.2) is 54.6 Å². The van der Waals surface area contributed by atoms with Crippen LogP contribution < -0.4 is 10.2 Å². The van der Waals surface area contributed by atoms with Gasteiger partial charge >= 0.3 is 0 Å². The molecule has 0 spiro atoms. The highest BCUT2D eigenvalue weighted by molar-refractivity contribution is 6.33. The zero-order valence-corrected chi connectivity index (χ0v) is 17.9. The van der Waals surface area contributed by atoms with Crippen molar-refractivity contribution in [2.75, 3.05) is 36.4 Å². The fraction of sp³-hybridized carbons (Fsp3) is 0.261. The molecule has 1 aliphatic rings. The Morgan fingerprint density at radius 1 is 0.967 bits per heavy atom. The predicted octanol–water partition coefficient (Wildman–Crippen LogP) is 4.45. The summed E-state index contributed by atoms with van der Waals surface area (Å²) >= 11 is 6.19. The number of rotatable bonds is 4. The molecule has 2 aromatic carbocycles. The maximum Gasteiger partial charge on any atom is 0.255 e. The third kappa shape index (κ3) is 4.54. The number of amides is 1. The Hall–Kier alpha value is -3.12. The minimum Gasteiger partial charge on any atom is -0.340 e. The Balaban J connectivity index is 1.44. The van der Waals surface area contributed by atoms with Gasteiger partial charge < -0.3 is 15.1 Å². The first kappa shape index (κ1) is 20.2. The molecule has 0 radical (unpaired) electrons.